The fourth-order valence-corrected chi connectivity index (χ4v) is 4.31. The van der Waals surface area contributed by atoms with Crippen LogP contribution in [-0.4, -0.2) is 58.0 Å². The Balaban J connectivity index is 0.000000405. The lowest BCUT2D eigenvalue weighted by Gasteiger charge is -2.29. The van der Waals surface area contributed by atoms with Crippen molar-refractivity contribution in [2.24, 2.45) is 0 Å². The highest BCUT2D eigenvalue weighted by molar-refractivity contribution is 6.06. The second-order valence-corrected chi connectivity index (χ2v) is 8.29. The first-order valence-electron chi connectivity index (χ1n) is 11.0. The highest BCUT2D eigenvalue weighted by Gasteiger charge is 2.39. The molecule has 3 aromatic rings. The molecule has 12 heteroatoms. The Morgan fingerprint density at radius 2 is 1.86 bits per heavy atom. The normalized spacial score (nSPS) is 17.1. The van der Waals surface area contributed by atoms with E-state index >= 15 is 0 Å². The molecule has 0 saturated carbocycles. The van der Waals surface area contributed by atoms with Crippen LogP contribution in [0.4, 0.5) is 13.2 Å². The van der Waals surface area contributed by atoms with Crippen molar-refractivity contribution in [3.63, 3.8) is 0 Å². The van der Waals surface area contributed by atoms with Crippen molar-refractivity contribution in [1.29, 1.82) is 0 Å². The summed E-state index contributed by atoms with van der Waals surface area (Å²) in [5.74, 6) is -2.86. The van der Waals surface area contributed by atoms with Crippen molar-refractivity contribution in [2.45, 2.75) is 31.6 Å². The van der Waals surface area contributed by atoms with Crippen LogP contribution in [0.5, 0.6) is 5.75 Å². The lowest BCUT2D eigenvalue weighted by atomic mass is 10.00. The van der Waals surface area contributed by atoms with Gasteiger partial charge in [0.25, 0.3) is 5.91 Å². The summed E-state index contributed by atoms with van der Waals surface area (Å²) in [4.78, 5) is 51.6. The number of imide groups is 1. The highest BCUT2D eigenvalue weighted by Crippen LogP contribution is 2.35. The number of carbonyl (C=O) groups is 4. The molecule has 1 fully saturated rings. The van der Waals surface area contributed by atoms with Gasteiger partial charge in [-0.25, -0.2) is 4.79 Å². The molecule has 3 amide bonds. The molecular formula is C25H20F3N3O6. The van der Waals surface area contributed by atoms with E-state index in [0.29, 0.717) is 18.5 Å². The van der Waals surface area contributed by atoms with Gasteiger partial charge in [-0.15, -0.1) is 0 Å². The largest absolute Gasteiger partial charge is 0.496 e. The van der Waals surface area contributed by atoms with Gasteiger partial charge in [0.15, 0.2) is 0 Å². The minimum absolute atomic E-state index is 0.182. The number of aromatic nitrogens is 1. The zero-order valence-electron chi connectivity index (χ0n) is 19.3. The van der Waals surface area contributed by atoms with Crippen molar-refractivity contribution in [1.82, 2.24) is 15.2 Å². The number of pyridine rings is 1. The van der Waals surface area contributed by atoms with Crippen molar-refractivity contribution in [2.75, 3.05) is 7.11 Å². The number of hydrogen-bond donors (Lipinski definition) is 2. The van der Waals surface area contributed by atoms with E-state index in [-0.39, 0.29) is 18.2 Å². The summed E-state index contributed by atoms with van der Waals surface area (Å²) in [6.07, 6.45) is -2.75. The maximum atomic E-state index is 12.9. The Hall–Kier alpha value is -4.48. The summed E-state index contributed by atoms with van der Waals surface area (Å²) in [5.41, 5.74) is 3.14. The van der Waals surface area contributed by atoms with E-state index in [1.807, 2.05) is 36.4 Å². The van der Waals surface area contributed by atoms with Crippen LogP contribution < -0.4 is 10.1 Å². The van der Waals surface area contributed by atoms with Crippen LogP contribution in [0.2, 0.25) is 0 Å². The summed E-state index contributed by atoms with van der Waals surface area (Å²) in [7, 11) is 1.64. The Morgan fingerprint density at radius 3 is 2.51 bits per heavy atom. The van der Waals surface area contributed by atoms with Gasteiger partial charge in [-0.2, -0.15) is 13.2 Å². The van der Waals surface area contributed by atoms with Crippen molar-refractivity contribution < 1.29 is 42.2 Å². The van der Waals surface area contributed by atoms with Crippen LogP contribution in [0.25, 0.3) is 22.0 Å². The van der Waals surface area contributed by atoms with Crippen LogP contribution in [-0.2, 0) is 20.9 Å². The molecule has 0 spiro atoms. The number of benzene rings is 2. The lowest BCUT2D eigenvalue weighted by Crippen LogP contribution is -2.52. The molecule has 5 rings (SSSR count). The third-order valence-electron chi connectivity index (χ3n) is 6.03. The number of aliphatic carboxylic acids is 1. The topological polar surface area (TPSA) is 126 Å². The fourth-order valence-electron chi connectivity index (χ4n) is 4.31. The maximum absolute atomic E-state index is 12.9. The van der Waals surface area contributed by atoms with Crippen molar-refractivity contribution in [3.8, 4) is 17.0 Å². The van der Waals surface area contributed by atoms with Crippen LogP contribution in [0.1, 0.15) is 28.8 Å². The third kappa shape index (κ3) is 5.08. The van der Waals surface area contributed by atoms with Crippen molar-refractivity contribution in [3.05, 3.63) is 59.8 Å². The molecule has 2 N–H and O–H groups in total. The van der Waals surface area contributed by atoms with Gasteiger partial charge in [-0.3, -0.25) is 24.7 Å². The predicted octanol–water partition coefficient (Wildman–Crippen LogP) is 3.30. The van der Waals surface area contributed by atoms with E-state index in [4.69, 9.17) is 14.6 Å². The number of amides is 3. The van der Waals surface area contributed by atoms with E-state index in [2.05, 4.69) is 10.3 Å². The molecule has 1 saturated heterocycles. The minimum Gasteiger partial charge on any atom is -0.496 e. The van der Waals surface area contributed by atoms with Crippen LogP contribution in [0, 0.1) is 0 Å². The van der Waals surface area contributed by atoms with Gasteiger partial charge in [-0.1, -0.05) is 18.2 Å². The van der Waals surface area contributed by atoms with E-state index < -0.39 is 24.1 Å². The Morgan fingerprint density at radius 1 is 1.14 bits per heavy atom. The first-order valence-corrected chi connectivity index (χ1v) is 11.0. The molecule has 0 radical (unpaired) electrons. The third-order valence-corrected chi connectivity index (χ3v) is 6.03. The number of hydrogen-bond acceptors (Lipinski definition) is 6. The Labute approximate surface area is 207 Å². The molecule has 0 bridgehead atoms. The Bertz CT molecular complexity index is 1420. The average molecular weight is 515 g/mol. The van der Waals surface area contributed by atoms with Gasteiger partial charge < -0.3 is 14.7 Å². The number of alkyl halides is 3. The Kier molecular flexibility index (Phi) is 6.84. The van der Waals surface area contributed by atoms with Crippen LogP contribution in [0.3, 0.4) is 0 Å². The monoisotopic (exact) mass is 515 g/mol. The first-order chi connectivity index (χ1) is 17.5. The lowest BCUT2D eigenvalue weighted by molar-refractivity contribution is -0.192. The molecule has 3 heterocycles. The molecule has 2 aliphatic heterocycles. The maximum Gasteiger partial charge on any atom is 0.490 e. The molecule has 37 heavy (non-hydrogen) atoms. The summed E-state index contributed by atoms with van der Waals surface area (Å²) in [5, 5.41) is 11.4. The number of nitrogens with one attached hydrogen (secondary N) is 1. The number of ether oxygens (including phenoxy) is 1. The molecule has 1 aromatic heterocycles. The van der Waals surface area contributed by atoms with Crippen LogP contribution in [0.15, 0.2) is 48.7 Å². The van der Waals surface area contributed by atoms with E-state index in [0.717, 1.165) is 33.3 Å². The zero-order valence-corrected chi connectivity index (χ0v) is 19.3. The number of methoxy groups -OCH3 is 1. The van der Waals surface area contributed by atoms with Gasteiger partial charge in [0, 0.05) is 41.1 Å². The molecule has 2 aliphatic rings. The number of nitrogens with zero attached hydrogens (tertiary/aromatic N) is 2. The van der Waals surface area contributed by atoms with Crippen molar-refractivity contribution >= 4 is 34.5 Å². The second-order valence-electron chi connectivity index (χ2n) is 8.29. The van der Waals surface area contributed by atoms with Gasteiger partial charge >= 0.3 is 12.1 Å². The molecule has 1 unspecified atom stereocenters. The standard InChI is InChI=1S/C23H19N3O4.C2HF3O2/c1-30-19-4-2-3-17-16(19)9-10-24-21(17)13-5-6-15-14(11-13)12-26(23(15)29)18-7-8-20(27)25-22(18)28;3-2(4,5)1(6)7/h2-6,9-11,18H,7-8,12H2,1H3,(H,25,27,28);(H,6,7). The number of carbonyl (C=O) groups excluding carboxylic acids is 3. The number of carboxylic acids is 1. The summed E-state index contributed by atoms with van der Waals surface area (Å²) in [6.45, 7) is 0.336. The van der Waals surface area contributed by atoms with E-state index in [1.54, 1.807) is 24.3 Å². The predicted molar refractivity (Wildman–Crippen MR) is 123 cm³/mol. The summed E-state index contributed by atoms with van der Waals surface area (Å²) >= 11 is 0. The quantitative estimate of drug-likeness (QED) is 0.513. The van der Waals surface area contributed by atoms with Crippen LogP contribution >= 0.6 is 0 Å². The number of fused-ring (bicyclic) bond motifs is 2. The molecule has 192 valence electrons. The molecule has 9 nitrogen and oxygen atoms in total. The van der Waals surface area contributed by atoms with Gasteiger partial charge in [-0.05, 0) is 36.2 Å². The van der Waals surface area contributed by atoms with E-state index in [9.17, 15) is 27.6 Å². The fraction of sp³-hybridized carbons (Fsp3) is 0.240. The van der Waals surface area contributed by atoms with E-state index in [1.165, 1.54) is 0 Å². The van der Waals surface area contributed by atoms with Gasteiger partial charge in [0.05, 0.1) is 12.8 Å². The average Bonchev–Trinajstić information content (AvgIpc) is 3.18. The number of rotatable bonds is 3. The smallest absolute Gasteiger partial charge is 0.490 e. The molecule has 2 aromatic carbocycles. The molecule has 1 atom stereocenters. The minimum atomic E-state index is -5.08. The molecule has 0 aliphatic carbocycles. The highest BCUT2D eigenvalue weighted by atomic mass is 19.4. The summed E-state index contributed by atoms with van der Waals surface area (Å²) in [6, 6.07) is 12.8. The SMILES string of the molecule is COc1cccc2c(-c3ccc4c(c3)CN(C3CCC(=O)NC3=O)C4=O)nccc12.O=C(O)C(F)(F)F. The number of halogens is 3. The summed E-state index contributed by atoms with van der Waals surface area (Å²) < 4.78 is 37.2. The molecular weight excluding hydrogens is 495 g/mol. The zero-order chi connectivity index (χ0) is 26.9. The van der Waals surface area contributed by atoms with Gasteiger partial charge in [0.1, 0.15) is 11.8 Å². The number of piperidine rings is 1. The first kappa shape index (κ1) is 25.6. The second kappa shape index (κ2) is 9.88. The van der Waals surface area contributed by atoms with Gasteiger partial charge in [0.2, 0.25) is 11.8 Å². The number of carboxylic acid groups (broad SMARTS) is 1.